The van der Waals surface area contributed by atoms with Crippen LogP contribution in [0.1, 0.15) is 10.4 Å². The summed E-state index contributed by atoms with van der Waals surface area (Å²) < 4.78 is 13.5. The van der Waals surface area contributed by atoms with E-state index in [0.717, 1.165) is 6.07 Å². The third kappa shape index (κ3) is 1.64. The SMILES string of the molecule is O=C(O)c1cc(F)c2c(Cl)nccc2c1. The van der Waals surface area contributed by atoms with Crippen LogP contribution in [0.4, 0.5) is 4.39 Å². The van der Waals surface area contributed by atoms with Gasteiger partial charge in [-0.15, -0.1) is 0 Å². The lowest BCUT2D eigenvalue weighted by atomic mass is 10.1. The molecule has 1 aromatic heterocycles. The summed E-state index contributed by atoms with van der Waals surface area (Å²) in [6.07, 6.45) is 1.40. The van der Waals surface area contributed by atoms with Gasteiger partial charge in [-0.05, 0) is 23.6 Å². The van der Waals surface area contributed by atoms with E-state index in [1.54, 1.807) is 0 Å². The summed E-state index contributed by atoms with van der Waals surface area (Å²) in [5.74, 6) is -1.85. The third-order valence-corrected chi connectivity index (χ3v) is 2.30. The quantitative estimate of drug-likeness (QED) is 0.760. The number of carbonyl (C=O) groups is 1. The average molecular weight is 226 g/mol. The van der Waals surface area contributed by atoms with Crippen LogP contribution >= 0.6 is 11.6 Å². The van der Waals surface area contributed by atoms with Gasteiger partial charge in [-0.1, -0.05) is 11.6 Å². The molecule has 0 bridgehead atoms. The van der Waals surface area contributed by atoms with Crippen molar-refractivity contribution in [3.05, 3.63) is 40.9 Å². The van der Waals surface area contributed by atoms with Gasteiger partial charge in [0.25, 0.3) is 0 Å². The zero-order chi connectivity index (χ0) is 11.0. The lowest BCUT2D eigenvalue weighted by Gasteiger charge is -2.02. The maximum absolute atomic E-state index is 13.5. The molecule has 5 heteroatoms. The second-order valence-corrected chi connectivity index (χ2v) is 3.32. The molecule has 0 unspecified atom stereocenters. The largest absolute Gasteiger partial charge is 0.478 e. The Bertz CT molecular complexity index is 556. The Morgan fingerprint density at radius 2 is 2.20 bits per heavy atom. The maximum atomic E-state index is 13.5. The van der Waals surface area contributed by atoms with Crippen molar-refractivity contribution < 1.29 is 14.3 Å². The van der Waals surface area contributed by atoms with Crippen LogP contribution in [0.3, 0.4) is 0 Å². The molecule has 0 saturated heterocycles. The Morgan fingerprint density at radius 1 is 1.47 bits per heavy atom. The Hall–Kier alpha value is -1.68. The first kappa shape index (κ1) is 9.86. The van der Waals surface area contributed by atoms with Crippen molar-refractivity contribution in [2.45, 2.75) is 0 Å². The van der Waals surface area contributed by atoms with Crippen LogP contribution in [0.25, 0.3) is 10.8 Å². The number of halogens is 2. The topological polar surface area (TPSA) is 50.2 Å². The molecule has 0 aliphatic heterocycles. The van der Waals surface area contributed by atoms with Gasteiger partial charge >= 0.3 is 5.97 Å². The van der Waals surface area contributed by atoms with Gasteiger partial charge in [0, 0.05) is 6.20 Å². The summed E-state index contributed by atoms with van der Waals surface area (Å²) in [5, 5.41) is 9.32. The van der Waals surface area contributed by atoms with Gasteiger partial charge in [0.15, 0.2) is 0 Å². The molecule has 0 amide bonds. The Labute approximate surface area is 89.1 Å². The summed E-state index contributed by atoms with van der Waals surface area (Å²) in [6, 6.07) is 3.79. The Morgan fingerprint density at radius 3 is 2.87 bits per heavy atom. The van der Waals surface area contributed by atoms with E-state index in [1.165, 1.54) is 18.3 Å². The first-order valence-electron chi connectivity index (χ1n) is 4.06. The van der Waals surface area contributed by atoms with Gasteiger partial charge in [0.05, 0.1) is 10.9 Å². The van der Waals surface area contributed by atoms with Gasteiger partial charge in [0.1, 0.15) is 11.0 Å². The number of hydrogen-bond acceptors (Lipinski definition) is 2. The number of aromatic nitrogens is 1. The first-order chi connectivity index (χ1) is 7.09. The number of hydrogen-bond donors (Lipinski definition) is 1. The second-order valence-electron chi connectivity index (χ2n) is 2.96. The van der Waals surface area contributed by atoms with Gasteiger partial charge < -0.3 is 5.11 Å². The number of rotatable bonds is 1. The van der Waals surface area contributed by atoms with Crippen LogP contribution in [0.5, 0.6) is 0 Å². The number of nitrogens with zero attached hydrogens (tertiary/aromatic N) is 1. The van der Waals surface area contributed by atoms with Crippen LogP contribution in [-0.4, -0.2) is 16.1 Å². The van der Waals surface area contributed by atoms with Crippen LogP contribution in [0, 0.1) is 5.82 Å². The molecule has 76 valence electrons. The highest BCUT2D eigenvalue weighted by molar-refractivity contribution is 6.34. The van der Waals surface area contributed by atoms with Gasteiger partial charge in [-0.3, -0.25) is 0 Å². The number of carboxylic acid groups (broad SMARTS) is 1. The molecule has 1 N–H and O–H groups in total. The maximum Gasteiger partial charge on any atom is 0.335 e. The summed E-state index contributed by atoms with van der Waals surface area (Å²) in [5.41, 5.74) is -0.109. The lowest BCUT2D eigenvalue weighted by molar-refractivity contribution is 0.0696. The molecule has 15 heavy (non-hydrogen) atoms. The molecule has 1 heterocycles. The zero-order valence-electron chi connectivity index (χ0n) is 7.37. The molecule has 0 aliphatic carbocycles. The van der Waals surface area contributed by atoms with E-state index in [0.29, 0.717) is 5.39 Å². The molecule has 0 radical (unpaired) electrons. The van der Waals surface area contributed by atoms with E-state index in [1.807, 2.05) is 0 Å². The number of carboxylic acids is 1. The van der Waals surface area contributed by atoms with Crippen LogP contribution in [0.2, 0.25) is 5.15 Å². The fourth-order valence-corrected chi connectivity index (χ4v) is 1.60. The molecule has 0 spiro atoms. The van der Waals surface area contributed by atoms with Crippen molar-refractivity contribution in [3.63, 3.8) is 0 Å². The minimum atomic E-state index is -1.18. The zero-order valence-corrected chi connectivity index (χ0v) is 8.12. The van der Waals surface area contributed by atoms with Crippen molar-refractivity contribution in [1.29, 1.82) is 0 Å². The first-order valence-corrected chi connectivity index (χ1v) is 4.44. The standard InChI is InChI=1S/C10H5ClFNO2/c11-9-8-5(1-2-13-9)3-6(10(14)15)4-7(8)12/h1-4H,(H,14,15). The van der Waals surface area contributed by atoms with Crippen molar-refractivity contribution in [3.8, 4) is 0 Å². The highest BCUT2D eigenvalue weighted by Crippen LogP contribution is 2.25. The van der Waals surface area contributed by atoms with E-state index < -0.39 is 11.8 Å². The predicted octanol–water partition coefficient (Wildman–Crippen LogP) is 2.73. The predicted molar refractivity (Wildman–Crippen MR) is 53.7 cm³/mol. The highest BCUT2D eigenvalue weighted by atomic mass is 35.5. The monoisotopic (exact) mass is 225 g/mol. The lowest BCUT2D eigenvalue weighted by Crippen LogP contribution is -1.97. The van der Waals surface area contributed by atoms with Gasteiger partial charge in [0.2, 0.25) is 0 Å². The number of fused-ring (bicyclic) bond motifs is 1. The van der Waals surface area contributed by atoms with E-state index in [4.69, 9.17) is 16.7 Å². The van der Waals surface area contributed by atoms with Crippen molar-refractivity contribution >= 4 is 28.3 Å². The molecular formula is C10H5ClFNO2. The van der Waals surface area contributed by atoms with Gasteiger partial charge in [-0.25, -0.2) is 14.2 Å². The summed E-state index contributed by atoms with van der Waals surface area (Å²) in [6.45, 7) is 0. The smallest absolute Gasteiger partial charge is 0.335 e. The fraction of sp³-hybridized carbons (Fsp3) is 0. The van der Waals surface area contributed by atoms with E-state index in [-0.39, 0.29) is 16.1 Å². The van der Waals surface area contributed by atoms with Gasteiger partial charge in [-0.2, -0.15) is 0 Å². The van der Waals surface area contributed by atoms with Crippen molar-refractivity contribution in [1.82, 2.24) is 4.98 Å². The second kappa shape index (κ2) is 3.47. The highest BCUT2D eigenvalue weighted by Gasteiger charge is 2.11. The fourth-order valence-electron chi connectivity index (χ4n) is 1.35. The van der Waals surface area contributed by atoms with E-state index >= 15 is 0 Å². The minimum Gasteiger partial charge on any atom is -0.478 e. The molecular weight excluding hydrogens is 221 g/mol. The summed E-state index contributed by atoms with van der Waals surface area (Å²) in [7, 11) is 0. The Balaban J connectivity index is 2.84. The van der Waals surface area contributed by atoms with Crippen molar-refractivity contribution in [2.24, 2.45) is 0 Å². The Kier molecular flexibility index (Phi) is 2.28. The van der Waals surface area contributed by atoms with E-state index in [2.05, 4.69) is 4.98 Å². The van der Waals surface area contributed by atoms with E-state index in [9.17, 15) is 9.18 Å². The normalized spacial score (nSPS) is 10.5. The molecule has 2 aromatic rings. The van der Waals surface area contributed by atoms with Crippen LogP contribution in [-0.2, 0) is 0 Å². The minimum absolute atomic E-state index is 0.0296. The van der Waals surface area contributed by atoms with Crippen LogP contribution < -0.4 is 0 Å². The molecule has 0 saturated carbocycles. The number of benzene rings is 1. The molecule has 2 rings (SSSR count). The average Bonchev–Trinajstić information content (AvgIpc) is 2.17. The summed E-state index contributed by atoms with van der Waals surface area (Å²) in [4.78, 5) is 14.4. The molecule has 0 atom stereocenters. The number of aromatic carboxylic acids is 1. The third-order valence-electron chi connectivity index (χ3n) is 2.02. The molecule has 3 nitrogen and oxygen atoms in total. The van der Waals surface area contributed by atoms with Crippen LogP contribution in [0.15, 0.2) is 24.4 Å². The molecule has 0 aliphatic rings. The number of pyridine rings is 1. The molecule has 0 fully saturated rings. The molecule has 1 aromatic carbocycles. The summed E-state index contributed by atoms with van der Waals surface area (Å²) >= 11 is 5.70. The van der Waals surface area contributed by atoms with Crippen molar-refractivity contribution in [2.75, 3.05) is 0 Å².